The zero-order valence-electron chi connectivity index (χ0n) is 11.2. The Balaban J connectivity index is 2.58. The molecule has 1 rings (SSSR count). The Kier molecular flexibility index (Phi) is 4.76. The van der Waals surface area contributed by atoms with Crippen LogP contribution in [0.25, 0.3) is 0 Å². The zero-order chi connectivity index (χ0) is 13.1. The quantitative estimate of drug-likeness (QED) is 0.733. The van der Waals surface area contributed by atoms with Gasteiger partial charge in [-0.2, -0.15) is 0 Å². The van der Waals surface area contributed by atoms with Gasteiger partial charge in [-0.25, -0.2) is 8.42 Å². The van der Waals surface area contributed by atoms with Crippen LogP contribution >= 0.6 is 0 Å². The van der Waals surface area contributed by atoms with E-state index in [1.54, 1.807) is 20.8 Å². The Bertz CT molecular complexity index is 363. The van der Waals surface area contributed by atoms with Crippen molar-refractivity contribution >= 4 is 15.6 Å². The van der Waals surface area contributed by atoms with Gasteiger partial charge in [0.1, 0.15) is 5.78 Å². The van der Waals surface area contributed by atoms with E-state index in [2.05, 4.69) is 0 Å². The Hall–Kier alpha value is -0.380. The van der Waals surface area contributed by atoms with Crippen LogP contribution in [0.3, 0.4) is 0 Å². The van der Waals surface area contributed by atoms with Gasteiger partial charge in [-0.15, -0.1) is 0 Å². The van der Waals surface area contributed by atoms with Gasteiger partial charge in [0.05, 0.1) is 10.5 Å². The van der Waals surface area contributed by atoms with Crippen molar-refractivity contribution < 1.29 is 13.2 Å². The molecule has 1 unspecified atom stereocenters. The van der Waals surface area contributed by atoms with E-state index < -0.39 is 14.6 Å². The van der Waals surface area contributed by atoms with Crippen LogP contribution in [0.5, 0.6) is 0 Å². The lowest BCUT2D eigenvalue weighted by Crippen LogP contribution is -2.31. The predicted octanol–water partition coefficient (Wildman–Crippen LogP) is 2.74. The number of carbonyl (C=O) groups is 1. The first-order valence-electron chi connectivity index (χ1n) is 6.49. The van der Waals surface area contributed by atoms with Gasteiger partial charge in [0.2, 0.25) is 0 Å². The predicted molar refractivity (Wildman–Crippen MR) is 69.7 cm³/mol. The SMILES string of the molecule is CC(C)(C)S(=O)(=O)CCC1CCCCCC1=O. The van der Waals surface area contributed by atoms with E-state index in [0.29, 0.717) is 12.8 Å². The molecule has 3 nitrogen and oxygen atoms in total. The molecule has 100 valence electrons. The van der Waals surface area contributed by atoms with Gasteiger partial charge in [-0.3, -0.25) is 4.79 Å². The first-order valence-corrected chi connectivity index (χ1v) is 8.14. The zero-order valence-corrected chi connectivity index (χ0v) is 12.0. The highest BCUT2D eigenvalue weighted by atomic mass is 32.2. The topological polar surface area (TPSA) is 51.2 Å². The molecule has 0 spiro atoms. The summed E-state index contributed by atoms with van der Waals surface area (Å²) in [6.07, 6.45) is 5.17. The molecule has 0 heterocycles. The molecule has 17 heavy (non-hydrogen) atoms. The summed E-state index contributed by atoms with van der Waals surface area (Å²) in [5, 5.41) is 0. The summed E-state index contributed by atoms with van der Waals surface area (Å²) in [7, 11) is -3.08. The number of hydrogen-bond acceptors (Lipinski definition) is 3. The summed E-state index contributed by atoms with van der Waals surface area (Å²) >= 11 is 0. The Morgan fingerprint density at radius 1 is 1.18 bits per heavy atom. The van der Waals surface area contributed by atoms with Gasteiger partial charge in [0.15, 0.2) is 9.84 Å². The molecule has 0 aliphatic heterocycles. The van der Waals surface area contributed by atoms with Gasteiger partial charge >= 0.3 is 0 Å². The molecule has 0 aromatic heterocycles. The molecular formula is C13H24O3S. The number of rotatable bonds is 3. The van der Waals surface area contributed by atoms with Crippen molar-refractivity contribution in [2.24, 2.45) is 5.92 Å². The molecule has 0 bridgehead atoms. The highest BCUT2D eigenvalue weighted by Gasteiger charge is 2.30. The first-order chi connectivity index (χ1) is 7.74. The van der Waals surface area contributed by atoms with Gasteiger partial charge in [0.25, 0.3) is 0 Å². The lowest BCUT2D eigenvalue weighted by Gasteiger charge is -2.21. The molecule has 0 N–H and O–H groups in total. The average molecular weight is 260 g/mol. The fraction of sp³-hybridized carbons (Fsp3) is 0.923. The summed E-state index contributed by atoms with van der Waals surface area (Å²) in [5.41, 5.74) is 0. The maximum Gasteiger partial charge on any atom is 0.155 e. The van der Waals surface area contributed by atoms with Crippen molar-refractivity contribution in [2.45, 2.75) is 64.0 Å². The molecule has 1 fully saturated rings. The van der Waals surface area contributed by atoms with Crippen LogP contribution in [0.1, 0.15) is 59.3 Å². The number of ketones is 1. The smallest absolute Gasteiger partial charge is 0.155 e. The van der Waals surface area contributed by atoms with Crippen molar-refractivity contribution in [1.29, 1.82) is 0 Å². The summed E-state index contributed by atoms with van der Waals surface area (Å²) in [4.78, 5) is 11.8. The molecule has 0 saturated heterocycles. The fourth-order valence-electron chi connectivity index (χ4n) is 2.14. The molecule has 1 saturated carbocycles. The maximum atomic E-state index is 12.0. The minimum atomic E-state index is -3.08. The third kappa shape index (κ3) is 4.09. The second-order valence-electron chi connectivity index (χ2n) is 5.98. The standard InChI is InChI=1S/C13H24O3S/c1-13(2,3)17(15,16)10-9-11-7-5-4-6-8-12(11)14/h11H,4-10H2,1-3H3. The minimum absolute atomic E-state index is 0.0189. The molecule has 4 heteroatoms. The van der Waals surface area contributed by atoms with E-state index in [0.717, 1.165) is 25.7 Å². The van der Waals surface area contributed by atoms with Crippen LogP contribution in [0, 0.1) is 5.92 Å². The number of sulfone groups is 1. The Labute approximate surface area is 105 Å². The normalized spacial score (nSPS) is 23.5. The number of hydrogen-bond donors (Lipinski definition) is 0. The van der Waals surface area contributed by atoms with Crippen molar-refractivity contribution in [3.8, 4) is 0 Å². The van der Waals surface area contributed by atoms with Crippen LogP contribution in [0.15, 0.2) is 0 Å². The van der Waals surface area contributed by atoms with Crippen molar-refractivity contribution in [3.63, 3.8) is 0 Å². The van der Waals surface area contributed by atoms with Crippen molar-refractivity contribution in [3.05, 3.63) is 0 Å². The van der Waals surface area contributed by atoms with E-state index in [-0.39, 0.29) is 17.5 Å². The highest BCUT2D eigenvalue weighted by Crippen LogP contribution is 2.25. The van der Waals surface area contributed by atoms with Crippen molar-refractivity contribution in [1.82, 2.24) is 0 Å². The third-order valence-corrected chi connectivity index (χ3v) is 6.24. The largest absolute Gasteiger partial charge is 0.299 e. The van der Waals surface area contributed by atoms with Crippen LogP contribution in [0.4, 0.5) is 0 Å². The van der Waals surface area contributed by atoms with E-state index in [9.17, 15) is 13.2 Å². The molecule has 1 atom stereocenters. The van der Waals surface area contributed by atoms with Gasteiger partial charge in [-0.05, 0) is 40.0 Å². The molecule has 0 amide bonds. The van der Waals surface area contributed by atoms with Crippen molar-refractivity contribution in [2.75, 3.05) is 5.75 Å². The fourth-order valence-corrected chi connectivity index (χ4v) is 3.35. The van der Waals surface area contributed by atoms with Crippen LogP contribution in [-0.4, -0.2) is 24.7 Å². The highest BCUT2D eigenvalue weighted by molar-refractivity contribution is 7.92. The molecular weight excluding hydrogens is 236 g/mol. The summed E-state index contributed by atoms with van der Waals surface area (Å²) in [5.74, 6) is 0.397. The lowest BCUT2D eigenvalue weighted by molar-refractivity contribution is -0.122. The van der Waals surface area contributed by atoms with Crippen LogP contribution < -0.4 is 0 Å². The van der Waals surface area contributed by atoms with E-state index in [1.165, 1.54) is 0 Å². The second-order valence-corrected chi connectivity index (χ2v) is 8.84. The Morgan fingerprint density at radius 3 is 2.41 bits per heavy atom. The van der Waals surface area contributed by atoms with Gasteiger partial charge in [0, 0.05) is 12.3 Å². The van der Waals surface area contributed by atoms with Crippen LogP contribution in [0.2, 0.25) is 0 Å². The third-order valence-electron chi connectivity index (χ3n) is 3.60. The van der Waals surface area contributed by atoms with Gasteiger partial charge < -0.3 is 0 Å². The molecule has 0 radical (unpaired) electrons. The van der Waals surface area contributed by atoms with E-state index in [4.69, 9.17) is 0 Å². The lowest BCUT2D eigenvalue weighted by atomic mass is 9.96. The second kappa shape index (κ2) is 5.51. The first kappa shape index (κ1) is 14.7. The number of Topliss-reactive ketones (excluding diaryl/α,β-unsaturated/α-hetero) is 1. The summed E-state index contributed by atoms with van der Waals surface area (Å²) in [6.45, 7) is 5.16. The van der Waals surface area contributed by atoms with Crippen LogP contribution in [-0.2, 0) is 14.6 Å². The molecule has 0 aromatic carbocycles. The molecule has 0 aromatic rings. The van der Waals surface area contributed by atoms with Gasteiger partial charge in [-0.1, -0.05) is 12.8 Å². The maximum absolute atomic E-state index is 12.0. The summed E-state index contributed by atoms with van der Waals surface area (Å²) in [6, 6.07) is 0. The molecule has 1 aliphatic carbocycles. The summed E-state index contributed by atoms with van der Waals surface area (Å²) < 4.78 is 23.2. The van der Waals surface area contributed by atoms with E-state index >= 15 is 0 Å². The number of carbonyl (C=O) groups excluding carboxylic acids is 1. The average Bonchev–Trinajstić information content (AvgIpc) is 2.38. The van der Waals surface area contributed by atoms with E-state index in [1.807, 2.05) is 0 Å². The monoisotopic (exact) mass is 260 g/mol. The Morgan fingerprint density at radius 2 is 1.82 bits per heavy atom. The minimum Gasteiger partial charge on any atom is -0.299 e. The molecule has 1 aliphatic rings.